The number of anilines is 2. The van der Waals surface area contributed by atoms with E-state index in [-0.39, 0.29) is 0 Å². The molecule has 1 aromatic carbocycles. The standard InChI is InChI=1S/C19H19N5O3/c1-3-27-24-19(25)14-12-20-11-8-15(14)23-16-7-4-6-13(17(16)26-2)18-21-9-5-10-22-18/h4-12H,3H2,1-2H3,(H,20,23)(H,24,25). The lowest BCUT2D eigenvalue weighted by Crippen LogP contribution is -2.24. The summed E-state index contributed by atoms with van der Waals surface area (Å²) in [5.74, 6) is 0.715. The van der Waals surface area contributed by atoms with Crippen LogP contribution in [-0.2, 0) is 4.84 Å². The SMILES string of the molecule is CCONC(=O)c1cnccc1Nc1cccc(-c2ncccn2)c1OC. The highest BCUT2D eigenvalue weighted by Gasteiger charge is 2.16. The first-order chi connectivity index (χ1) is 13.2. The maximum absolute atomic E-state index is 12.3. The van der Waals surface area contributed by atoms with Crippen LogP contribution in [0.5, 0.6) is 5.75 Å². The summed E-state index contributed by atoms with van der Waals surface area (Å²) in [4.78, 5) is 29.8. The van der Waals surface area contributed by atoms with E-state index in [4.69, 9.17) is 9.57 Å². The highest BCUT2D eigenvalue weighted by atomic mass is 16.6. The molecule has 0 aliphatic heterocycles. The number of nitrogens with zero attached hydrogens (tertiary/aromatic N) is 3. The van der Waals surface area contributed by atoms with Gasteiger partial charge in [-0.1, -0.05) is 6.07 Å². The third kappa shape index (κ3) is 4.18. The molecule has 0 aliphatic carbocycles. The lowest BCUT2D eigenvalue weighted by molar-refractivity contribution is 0.0365. The number of carbonyl (C=O) groups is 1. The lowest BCUT2D eigenvalue weighted by Gasteiger charge is -2.16. The Balaban J connectivity index is 1.96. The van der Waals surface area contributed by atoms with Crippen LogP contribution in [0.15, 0.2) is 55.1 Å². The second-order valence-electron chi connectivity index (χ2n) is 5.37. The molecule has 1 amide bonds. The maximum Gasteiger partial charge on any atom is 0.278 e. The molecule has 2 heterocycles. The van der Waals surface area contributed by atoms with Gasteiger partial charge in [0.1, 0.15) is 0 Å². The number of rotatable bonds is 7. The predicted molar refractivity (Wildman–Crippen MR) is 101 cm³/mol. The average molecular weight is 365 g/mol. The fraction of sp³-hybridized carbons (Fsp3) is 0.158. The summed E-state index contributed by atoms with van der Waals surface area (Å²) in [5, 5.41) is 3.22. The molecule has 0 saturated carbocycles. The van der Waals surface area contributed by atoms with Crippen molar-refractivity contribution < 1.29 is 14.4 Å². The molecule has 3 rings (SSSR count). The van der Waals surface area contributed by atoms with Crippen molar-refractivity contribution in [3.8, 4) is 17.1 Å². The van der Waals surface area contributed by atoms with Crippen molar-refractivity contribution in [2.45, 2.75) is 6.92 Å². The molecule has 0 aliphatic rings. The van der Waals surface area contributed by atoms with E-state index < -0.39 is 5.91 Å². The van der Waals surface area contributed by atoms with Gasteiger partial charge in [-0.15, -0.1) is 0 Å². The Morgan fingerprint density at radius 3 is 2.63 bits per heavy atom. The highest BCUT2D eigenvalue weighted by Crippen LogP contribution is 2.36. The molecule has 0 fully saturated rings. The first kappa shape index (κ1) is 18.3. The minimum atomic E-state index is -0.394. The molecule has 8 nitrogen and oxygen atoms in total. The van der Waals surface area contributed by atoms with Crippen molar-refractivity contribution in [2.24, 2.45) is 0 Å². The second-order valence-corrected chi connectivity index (χ2v) is 5.37. The smallest absolute Gasteiger partial charge is 0.278 e. The van der Waals surface area contributed by atoms with Crippen LogP contribution in [0.25, 0.3) is 11.4 Å². The normalized spacial score (nSPS) is 10.3. The van der Waals surface area contributed by atoms with E-state index in [1.54, 1.807) is 44.8 Å². The first-order valence-electron chi connectivity index (χ1n) is 8.32. The zero-order chi connectivity index (χ0) is 19.1. The summed E-state index contributed by atoms with van der Waals surface area (Å²) in [6, 6.07) is 9.02. The maximum atomic E-state index is 12.3. The molecule has 3 aromatic rings. The Morgan fingerprint density at radius 2 is 1.89 bits per heavy atom. The Morgan fingerprint density at radius 1 is 1.07 bits per heavy atom. The van der Waals surface area contributed by atoms with E-state index in [0.717, 1.165) is 5.56 Å². The number of pyridine rings is 1. The van der Waals surface area contributed by atoms with Gasteiger partial charge in [0.2, 0.25) is 0 Å². The number of nitrogens with one attached hydrogen (secondary N) is 2. The Bertz CT molecular complexity index is 918. The molecule has 8 heteroatoms. The molecule has 0 spiro atoms. The van der Waals surface area contributed by atoms with Crippen molar-refractivity contribution in [2.75, 3.05) is 19.0 Å². The third-order valence-electron chi connectivity index (χ3n) is 3.67. The summed E-state index contributed by atoms with van der Waals surface area (Å²) in [7, 11) is 1.57. The molecule has 0 bridgehead atoms. The van der Waals surface area contributed by atoms with E-state index in [0.29, 0.717) is 35.1 Å². The second kappa shape index (κ2) is 8.72. The van der Waals surface area contributed by atoms with Crippen LogP contribution in [0.2, 0.25) is 0 Å². The molecule has 2 N–H and O–H groups in total. The van der Waals surface area contributed by atoms with Crippen molar-refractivity contribution in [3.63, 3.8) is 0 Å². The van der Waals surface area contributed by atoms with Crippen LogP contribution in [0.4, 0.5) is 11.4 Å². The van der Waals surface area contributed by atoms with Gasteiger partial charge < -0.3 is 10.1 Å². The van der Waals surface area contributed by atoms with Crippen molar-refractivity contribution >= 4 is 17.3 Å². The fourth-order valence-corrected chi connectivity index (χ4v) is 2.49. The van der Waals surface area contributed by atoms with E-state index >= 15 is 0 Å². The molecule has 138 valence electrons. The summed E-state index contributed by atoms with van der Waals surface area (Å²) in [5.41, 5.74) is 4.67. The molecular weight excluding hydrogens is 346 g/mol. The predicted octanol–water partition coefficient (Wildman–Crippen LogP) is 2.97. The highest BCUT2D eigenvalue weighted by molar-refractivity contribution is 5.99. The van der Waals surface area contributed by atoms with Crippen molar-refractivity contribution in [1.82, 2.24) is 20.4 Å². The minimum Gasteiger partial charge on any atom is -0.494 e. The monoisotopic (exact) mass is 365 g/mol. The summed E-state index contributed by atoms with van der Waals surface area (Å²) >= 11 is 0. The number of para-hydroxylation sites is 1. The quantitative estimate of drug-likeness (QED) is 0.621. The number of hydroxylamine groups is 1. The van der Waals surface area contributed by atoms with Gasteiger partial charge in [0.15, 0.2) is 11.6 Å². The number of ether oxygens (including phenoxy) is 1. The number of hydrogen-bond acceptors (Lipinski definition) is 7. The number of amides is 1. The Kier molecular flexibility index (Phi) is 5.91. The van der Waals surface area contributed by atoms with Crippen molar-refractivity contribution in [3.05, 3.63) is 60.7 Å². The van der Waals surface area contributed by atoms with Crippen LogP contribution < -0.4 is 15.5 Å². The Hall–Kier alpha value is -3.52. The van der Waals surface area contributed by atoms with Gasteiger partial charge in [-0.05, 0) is 31.2 Å². The van der Waals surface area contributed by atoms with Crippen LogP contribution in [0, 0.1) is 0 Å². The Labute approximate surface area is 156 Å². The fourth-order valence-electron chi connectivity index (χ4n) is 2.49. The van der Waals surface area contributed by atoms with Gasteiger partial charge in [0, 0.05) is 24.8 Å². The molecule has 0 radical (unpaired) electrons. The molecule has 0 atom stereocenters. The minimum absolute atomic E-state index is 0.342. The van der Waals surface area contributed by atoms with Crippen LogP contribution in [0.3, 0.4) is 0 Å². The van der Waals surface area contributed by atoms with Gasteiger partial charge in [0.25, 0.3) is 5.91 Å². The average Bonchev–Trinajstić information content (AvgIpc) is 2.73. The van der Waals surface area contributed by atoms with E-state index in [1.807, 2.05) is 18.2 Å². The van der Waals surface area contributed by atoms with Crippen LogP contribution in [0.1, 0.15) is 17.3 Å². The van der Waals surface area contributed by atoms with E-state index in [9.17, 15) is 4.79 Å². The summed E-state index contributed by atoms with van der Waals surface area (Å²) in [6.07, 6.45) is 6.39. The van der Waals surface area contributed by atoms with E-state index in [2.05, 4.69) is 25.7 Å². The summed E-state index contributed by atoms with van der Waals surface area (Å²) in [6.45, 7) is 2.15. The largest absolute Gasteiger partial charge is 0.494 e. The number of hydrogen-bond donors (Lipinski definition) is 2. The van der Waals surface area contributed by atoms with Gasteiger partial charge in [-0.3, -0.25) is 14.6 Å². The zero-order valence-corrected chi connectivity index (χ0v) is 15.0. The van der Waals surface area contributed by atoms with Gasteiger partial charge >= 0.3 is 0 Å². The molecule has 2 aromatic heterocycles. The number of aromatic nitrogens is 3. The first-order valence-corrected chi connectivity index (χ1v) is 8.32. The van der Waals surface area contributed by atoms with Gasteiger partial charge in [-0.25, -0.2) is 15.4 Å². The molecular formula is C19H19N5O3. The lowest BCUT2D eigenvalue weighted by atomic mass is 10.1. The van der Waals surface area contributed by atoms with Crippen LogP contribution >= 0.6 is 0 Å². The zero-order valence-electron chi connectivity index (χ0n) is 15.0. The van der Waals surface area contributed by atoms with Crippen LogP contribution in [-0.4, -0.2) is 34.6 Å². The summed E-state index contributed by atoms with van der Waals surface area (Å²) < 4.78 is 5.58. The van der Waals surface area contributed by atoms with Gasteiger partial charge in [-0.2, -0.15) is 0 Å². The third-order valence-corrected chi connectivity index (χ3v) is 3.67. The number of carbonyl (C=O) groups excluding carboxylic acids is 1. The number of benzene rings is 1. The molecule has 0 saturated heterocycles. The molecule has 0 unspecified atom stereocenters. The van der Waals surface area contributed by atoms with Crippen molar-refractivity contribution in [1.29, 1.82) is 0 Å². The topological polar surface area (TPSA) is 98.3 Å². The van der Waals surface area contributed by atoms with Gasteiger partial charge in [0.05, 0.1) is 36.2 Å². The number of methoxy groups -OCH3 is 1. The molecule has 27 heavy (non-hydrogen) atoms. The van der Waals surface area contributed by atoms with E-state index in [1.165, 1.54) is 6.20 Å².